The van der Waals surface area contributed by atoms with Crippen molar-refractivity contribution in [3.63, 3.8) is 0 Å². The molecule has 1 fully saturated rings. The summed E-state index contributed by atoms with van der Waals surface area (Å²) in [6, 6.07) is 0.490. The Morgan fingerprint density at radius 3 is 2.94 bits per heavy atom. The average molecular weight is 250 g/mol. The fourth-order valence-electron chi connectivity index (χ4n) is 3.23. The van der Waals surface area contributed by atoms with E-state index in [4.69, 9.17) is 4.74 Å². The minimum atomic E-state index is 0.490. The zero-order chi connectivity index (χ0) is 12.7. The molecule has 0 aromatic carbocycles. The third-order valence-electron chi connectivity index (χ3n) is 4.14. The van der Waals surface area contributed by atoms with Crippen LogP contribution in [-0.4, -0.2) is 42.1 Å². The molecule has 2 aliphatic heterocycles. The van der Waals surface area contributed by atoms with Gasteiger partial charge in [-0.3, -0.25) is 4.68 Å². The summed E-state index contributed by atoms with van der Waals surface area (Å²) in [6.45, 7) is 8.08. The molecule has 0 saturated carbocycles. The topological polar surface area (TPSA) is 42.3 Å². The molecule has 5 nitrogen and oxygen atoms in total. The number of hydrogen-bond donors (Lipinski definition) is 1. The van der Waals surface area contributed by atoms with E-state index in [2.05, 4.69) is 29.2 Å². The molecule has 0 radical (unpaired) electrons. The van der Waals surface area contributed by atoms with E-state index in [-0.39, 0.29) is 0 Å². The monoisotopic (exact) mass is 250 g/mol. The van der Waals surface area contributed by atoms with E-state index in [1.165, 1.54) is 17.2 Å². The van der Waals surface area contributed by atoms with Crippen molar-refractivity contribution >= 4 is 11.5 Å². The number of likely N-dealkylation sites (N-methyl/N-ethyl adjacent to an activating group) is 1. The van der Waals surface area contributed by atoms with E-state index in [0.717, 1.165) is 32.7 Å². The lowest BCUT2D eigenvalue weighted by atomic mass is 10.0. The summed E-state index contributed by atoms with van der Waals surface area (Å²) in [4.78, 5) is 2.46. The standard InChI is InChI=1S/C13H22N4O/c1-4-10-12-13(16(3)15-10)17(5-2)11-8-18-7-9(11)6-14-12/h9,11,14H,4-8H2,1-3H3. The lowest BCUT2D eigenvalue weighted by Gasteiger charge is -2.30. The van der Waals surface area contributed by atoms with Crippen LogP contribution in [-0.2, 0) is 18.2 Å². The molecule has 1 N–H and O–H groups in total. The molecule has 3 rings (SSSR count). The first-order chi connectivity index (χ1) is 8.76. The van der Waals surface area contributed by atoms with Gasteiger partial charge in [-0.15, -0.1) is 0 Å². The Hall–Kier alpha value is -1.23. The number of ether oxygens (including phenoxy) is 1. The molecule has 2 aliphatic rings. The van der Waals surface area contributed by atoms with Crippen LogP contribution in [0, 0.1) is 5.92 Å². The maximum absolute atomic E-state index is 5.66. The highest BCUT2D eigenvalue weighted by Gasteiger charge is 2.38. The summed E-state index contributed by atoms with van der Waals surface area (Å²) in [5, 5.41) is 8.23. The quantitative estimate of drug-likeness (QED) is 0.858. The molecule has 0 bridgehead atoms. The Bertz CT molecular complexity index is 442. The summed E-state index contributed by atoms with van der Waals surface area (Å²) in [5.41, 5.74) is 2.41. The number of nitrogens with zero attached hydrogens (tertiary/aromatic N) is 3. The number of rotatable bonds is 2. The van der Waals surface area contributed by atoms with Crippen LogP contribution in [0.1, 0.15) is 19.5 Å². The zero-order valence-corrected chi connectivity index (χ0v) is 11.4. The van der Waals surface area contributed by atoms with Crippen LogP contribution in [0.4, 0.5) is 11.5 Å². The van der Waals surface area contributed by atoms with E-state index >= 15 is 0 Å². The minimum absolute atomic E-state index is 0.490. The summed E-state index contributed by atoms with van der Waals surface area (Å²) in [5.74, 6) is 1.81. The van der Waals surface area contributed by atoms with Crippen molar-refractivity contribution in [2.24, 2.45) is 13.0 Å². The van der Waals surface area contributed by atoms with Crippen molar-refractivity contribution in [3.8, 4) is 0 Å². The lowest BCUT2D eigenvalue weighted by Crippen LogP contribution is -2.41. The Balaban J connectivity index is 2.07. The zero-order valence-electron chi connectivity index (χ0n) is 11.4. The van der Waals surface area contributed by atoms with Gasteiger partial charge in [0.2, 0.25) is 0 Å². The predicted octanol–water partition coefficient (Wildman–Crippen LogP) is 1.25. The molecular weight excluding hydrogens is 228 g/mol. The molecule has 0 spiro atoms. The third kappa shape index (κ3) is 1.61. The van der Waals surface area contributed by atoms with Crippen LogP contribution < -0.4 is 10.2 Å². The number of aromatic nitrogens is 2. The molecule has 18 heavy (non-hydrogen) atoms. The first-order valence-corrected chi connectivity index (χ1v) is 6.90. The number of aryl methyl sites for hydroxylation is 2. The second kappa shape index (κ2) is 4.46. The van der Waals surface area contributed by atoms with Crippen molar-refractivity contribution in [3.05, 3.63) is 5.69 Å². The van der Waals surface area contributed by atoms with Gasteiger partial charge in [0.1, 0.15) is 5.69 Å². The first kappa shape index (κ1) is 11.8. The number of nitrogens with one attached hydrogen (secondary N) is 1. The van der Waals surface area contributed by atoms with Crippen molar-refractivity contribution in [1.82, 2.24) is 9.78 Å². The van der Waals surface area contributed by atoms with E-state index in [9.17, 15) is 0 Å². The smallest absolute Gasteiger partial charge is 0.150 e. The van der Waals surface area contributed by atoms with Crippen molar-refractivity contribution in [1.29, 1.82) is 0 Å². The van der Waals surface area contributed by atoms with Gasteiger partial charge < -0.3 is 15.0 Å². The normalized spacial score (nSPS) is 26.5. The largest absolute Gasteiger partial charge is 0.380 e. The van der Waals surface area contributed by atoms with Gasteiger partial charge >= 0.3 is 0 Å². The fraction of sp³-hybridized carbons (Fsp3) is 0.769. The Kier molecular flexibility index (Phi) is 2.93. The Labute approximate surface area is 108 Å². The summed E-state index contributed by atoms with van der Waals surface area (Å²) >= 11 is 0. The van der Waals surface area contributed by atoms with Crippen LogP contribution in [0.15, 0.2) is 0 Å². The highest BCUT2D eigenvalue weighted by molar-refractivity contribution is 5.71. The van der Waals surface area contributed by atoms with Crippen LogP contribution in [0.3, 0.4) is 0 Å². The summed E-state index contributed by atoms with van der Waals surface area (Å²) < 4.78 is 7.68. The van der Waals surface area contributed by atoms with Crippen molar-refractivity contribution in [2.75, 3.05) is 36.5 Å². The molecule has 100 valence electrons. The predicted molar refractivity (Wildman–Crippen MR) is 72.2 cm³/mol. The van der Waals surface area contributed by atoms with E-state index in [1.807, 2.05) is 11.7 Å². The Morgan fingerprint density at radius 2 is 2.22 bits per heavy atom. The van der Waals surface area contributed by atoms with Gasteiger partial charge in [-0.25, -0.2) is 0 Å². The van der Waals surface area contributed by atoms with Gasteiger partial charge in [0.25, 0.3) is 0 Å². The molecule has 1 aromatic rings. The van der Waals surface area contributed by atoms with Gasteiger partial charge in [0.05, 0.1) is 24.9 Å². The van der Waals surface area contributed by atoms with Gasteiger partial charge in [-0.1, -0.05) is 6.92 Å². The van der Waals surface area contributed by atoms with E-state index in [0.29, 0.717) is 12.0 Å². The highest BCUT2D eigenvalue weighted by Crippen LogP contribution is 2.36. The molecule has 1 aromatic heterocycles. The van der Waals surface area contributed by atoms with Crippen LogP contribution in [0.2, 0.25) is 0 Å². The van der Waals surface area contributed by atoms with Gasteiger partial charge in [0.15, 0.2) is 5.82 Å². The Morgan fingerprint density at radius 1 is 1.39 bits per heavy atom. The van der Waals surface area contributed by atoms with Crippen LogP contribution in [0.25, 0.3) is 0 Å². The number of hydrogen-bond acceptors (Lipinski definition) is 4. The van der Waals surface area contributed by atoms with Crippen LogP contribution >= 0.6 is 0 Å². The SMILES string of the molecule is CCc1nn(C)c2c1NCC1COCC1N2CC. The average Bonchev–Trinajstić information content (AvgIpc) is 2.91. The first-order valence-electron chi connectivity index (χ1n) is 6.90. The van der Waals surface area contributed by atoms with Crippen molar-refractivity contribution in [2.45, 2.75) is 26.3 Å². The molecule has 2 atom stereocenters. The summed E-state index contributed by atoms with van der Waals surface area (Å²) in [6.07, 6.45) is 0.972. The molecule has 3 heterocycles. The van der Waals surface area contributed by atoms with Gasteiger partial charge in [0, 0.05) is 26.1 Å². The van der Waals surface area contributed by atoms with Gasteiger partial charge in [-0.05, 0) is 13.3 Å². The summed E-state index contributed by atoms with van der Waals surface area (Å²) in [7, 11) is 2.04. The second-order valence-corrected chi connectivity index (χ2v) is 5.15. The minimum Gasteiger partial charge on any atom is -0.380 e. The number of anilines is 2. The maximum Gasteiger partial charge on any atom is 0.150 e. The van der Waals surface area contributed by atoms with Gasteiger partial charge in [-0.2, -0.15) is 5.10 Å². The lowest BCUT2D eigenvalue weighted by molar-refractivity contribution is 0.185. The molecule has 2 unspecified atom stereocenters. The van der Waals surface area contributed by atoms with Crippen LogP contribution in [0.5, 0.6) is 0 Å². The van der Waals surface area contributed by atoms with E-state index in [1.54, 1.807) is 0 Å². The van der Waals surface area contributed by atoms with Crippen molar-refractivity contribution < 1.29 is 4.74 Å². The maximum atomic E-state index is 5.66. The van der Waals surface area contributed by atoms with E-state index < -0.39 is 0 Å². The molecule has 5 heteroatoms. The molecular formula is C13H22N4O. The molecule has 0 amide bonds. The third-order valence-corrected chi connectivity index (χ3v) is 4.14. The number of fused-ring (bicyclic) bond motifs is 2. The second-order valence-electron chi connectivity index (χ2n) is 5.15. The highest BCUT2D eigenvalue weighted by atomic mass is 16.5. The fourth-order valence-corrected chi connectivity index (χ4v) is 3.23. The molecule has 1 saturated heterocycles. The molecule has 0 aliphatic carbocycles.